The van der Waals surface area contributed by atoms with Gasteiger partial charge in [-0.15, -0.1) is 0 Å². The highest BCUT2D eigenvalue weighted by molar-refractivity contribution is 5.81. The molecule has 1 rings (SSSR count). The van der Waals surface area contributed by atoms with E-state index in [4.69, 9.17) is 14.2 Å². The number of rotatable bonds is 7. The summed E-state index contributed by atoms with van der Waals surface area (Å²) in [5.74, 6) is -2.54. The lowest BCUT2D eigenvalue weighted by atomic mass is 10.0. The van der Waals surface area contributed by atoms with Crippen molar-refractivity contribution in [3.8, 4) is 5.75 Å². The summed E-state index contributed by atoms with van der Waals surface area (Å²) in [5, 5.41) is 2.41. The SMILES string of the molecule is CC(C)C(OC(=O)[C@H](C)NC(=O)OC(C)(C)C)[C@H](C)Oc1ccc(F)cc1F. The van der Waals surface area contributed by atoms with E-state index in [2.05, 4.69) is 5.32 Å². The molecule has 0 fully saturated rings. The average Bonchev–Trinajstić information content (AvgIpc) is 2.52. The molecule has 0 saturated heterocycles. The van der Waals surface area contributed by atoms with Crippen LogP contribution in [0.4, 0.5) is 13.6 Å². The Morgan fingerprint density at radius 1 is 1.07 bits per heavy atom. The van der Waals surface area contributed by atoms with Crippen LogP contribution in [-0.2, 0) is 14.3 Å². The number of hydrogen-bond donors (Lipinski definition) is 1. The second kappa shape index (κ2) is 9.71. The van der Waals surface area contributed by atoms with Gasteiger partial charge in [0, 0.05) is 6.07 Å². The molecule has 3 atom stereocenters. The van der Waals surface area contributed by atoms with Crippen LogP contribution in [0.1, 0.15) is 48.5 Å². The van der Waals surface area contributed by atoms with Crippen molar-refractivity contribution in [1.29, 1.82) is 0 Å². The second-order valence-electron chi connectivity index (χ2n) is 7.91. The number of esters is 1. The van der Waals surface area contributed by atoms with Crippen molar-refractivity contribution in [1.82, 2.24) is 5.32 Å². The number of alkyl carbamates (subject to hydrolysis) is 1. The van der Waals surface area contributed by atoms with Crippen molar-refractivity contribution < 1.29 is 32.6 Å². The number of carbonyl (C=O) groups excluding carboxylic acids is 2. The molecule has 0 saturated carbocycles. The Bertz CT molecular complexity index is 688. The predicted octanol–water partition coefficient (Wildman–Crippen LogP) is 4.21. The van der Waals surface area contributed by atoms with Crippen LogP contribution in [0, 0.1) is 17.6 Å². The maximum absolute atomic E-state index is 13.8. The largest absolute Gasteiger partial charge is 0.484 e. The summed E-state index contributed by atoms with van der Waals surface area (Å²) in [5.41, 5.74) is -0.699. The standard InChI is InChI=1S/C20H29F2NO5/c1-11(2)17(13(4)26-16-9-8-14(21)10-15(16)22)27-18(24)12(3)23-19(25)28-20(5,6)7/h8-13,17H,1-7H3,(H,23,25)/t12-,13-,17?/m0/s1. The summed E-state index contributed by atoms with van der Waals surface area (Å²) in [6.07, 6.45) is -2.17. The Hall–Kier alpha value is -2.38. The highest BCUT2D eigenvalue weighted by Crippen LogP contribution is 2.23. The first kappa shape index (κ1) is 23.7. The van der Waals surface area contributed by atoms with Crippen LogP contribution in [0.3, 0.4) is 0 Å². The molecular formula is C20H29F2NO5. The number of benzene rings is 1. The Balaban J connectivity index is 2.74. The third-order valence-corrected chi connectivity index (χ3v) is 3.67. The molecule has 1 aromatic carbocycles. The van der Waals surface area contributed by atoms with E-state index in [-0.39, 0.29) is 11.7 Å². The Labute approximate surface area is 164 Å². The van der Waals surface area contributed by atoms with E-state index in [0.29, 0.717) is 6.07 Å². The third kappa shape index (κ3) is 7.70. The van der Waals surface area contributed by atoms with Gasteiger partial charge in [-0.1, -0.05) is 13.8 Å². The molecular weight excluding hydrogens is 372 g/mol. The van der Waals surface area contributed by atoms with Crippen LogP contribution in [0.15, 0.2) is 18.2 Å². The zero-order valence-electron chi connectivity index (χ0n) is 17.3. The van der Waals surface area contributed by atoms with Gasteiger partial charge in [-0.3, -0.25) is 0 Å². The van der Waals surface area contributed by atoms with Gasteiger partial charge in [0.2, 0.25) is 0 Å². The Morgan fingerprint density at radius 2 is 1.68 bits per heavy atom. The fourth-order valence-electron chi connectivity index (χ4n) is 2.39. The molecule has 0 spiro atoms. The van der Waals surface area contributed by atoms with E-state index in [9.17, 15) is 18.4 Å². The van der Waals surface area contributed by atoms with Gasteiger partial charge in [-0.25, -0.2) is 18.4 Å². The summed E-state index contributed by atoms with van der Waals surface area (Å²) in [6, 6.07) is 2.01. The van der Waals surface area contributed by atoms with Gasteiger partial charge in [-0.2, -0.15) is 0 Å². The number of amides is 1. The van der Waals surface area contributed by atoms with E-state index in [1.165, 1.54) is 13.0 Å². The van der Waals surface area contributed by atoms with Gasteiger partial charge in [0.1, 0.15) is 29.7 Å². The quantitative estimate of drug-likeness (QED) is 0.693. The normalized spacial score (nSPS) is 14.8. The highest BCUT2D eigenvalue weighted by atomic mass is 19.1. The summed E-state index contributed by atoms with van der Waals surface area (Å²) >= 11 is 0. The molecule has 28 heavy (non-hydrogen) atoms. The number of ether oxygens (including phenoxy) is 3. The molecule has 0 radical (unpaired) electrons. The molecule has 6 nitrogen and oxygen atoms in total. The van der Waals surface area contributed by atoms with Gasteiger partial charge in [0.25, 0.3) is 0 Å². The predicted molar refractivity (Wildman–Crippen MR) is 100.0 cm³/mol. The molecule has 1 aromatic rings. The molecule has 158 valence electrons. The lowest BCUT2D eigenvalue weighted by Crippen LogP contribution is -2.46. The first-order chi connectivity index (χ1) is 12.8. The fourth-order valence-corrected chi connectivity index (χ4v) is 2.39. The zero-order valence-corrected chi connectivity index (χ0v) is 17.3. The van der Waals surface area contributed by atoms with Gasteiger partial charge in [0.15, 0.2) is 11.6 Å². The summed E-state index contributed by atoms with van der Waals surface area (Å²) in [4.78, 5) is 24.2. The smallest absolute Gasteiger partial charge is 0.408 e. The number of carbonyl (C=O) groups is 2. The molecule has 1 unspecified atom stereocenters. The first-order valence-corrected chi connectivity index (χ1v) is 9.12. The van der Waals surface area contributed by atoms with Crippen LogP contribution in [0.5, 0.6) is 5.75 Å². The van der Waals surface area contributed by atoms with Gasteiger partial charge >= 0.3 is 12.1 Å². The van der Waals surface area contributed by atoms with Crippen molar-refractivity contribution >= 4 is 12.1 Å². The van der Waals surface area contributed by atoms with Crippen molar-refractivity contribution in [2.45, 2.75) is 72.3 Å². The molecule has 0 bridgehead atoms. The minimum atomic E-state index is -0.953. The van der Waals surface area contributed by atoms with Crippen molar-refractivity contribution in [3.05, 3.63) is 29.8 Å². The monoisotopic (exact) mass is 401 g/mol. The second-order valence-corrected chi connectivity index (χ2v) is 7.91. The van der Waals surface area contributed by atoms with E-state index < -0.39 is 47.5 Å². The van der Waals surface area contributed by atoms with E-state index in [0.717, 1.165) is 6.07 Å². The highest BCUT2D eigenvalue weighted by Gasteiger charge is 2.30. The van der Waals surface area contributed by atoms with Crippen LogP contribution < -0.4 is 10.1 Å². The van der Waals surface area contributed by atoms with Crippen LogP contribution in [0.25, 0.3) is 0 Å². The molecule has 1 amide bonds. The Morgan fingerprint density at radius 3 is 2.18 bits per heavy atom. The van der Waals surface area contributed by atoms with Gasteiger partial charge in [0.05, 0.1) is 0 Å². The van der Waals surface area contributed by atoms with Crippen LogP contribution in [-0.4, -0.2) is 35.9 Å². The molecule has 0 heterocycles. The molecule has 8 heteroatoms. The number of nitrogens with one attached hydrogen (secondary N) is 1. The molecule has 0 aliphatic heterocycles. The average molecular weight is 401 g/mol. The molecule has 0 aliphatic carbocycles. The molecule has 1 N–H and O–H groups in total. The summed E-state index contributed by atoms with van der Waals surface area (Å²) in [7, 11) is 0. The molecule has 0 aliphatic rings. The minimum Gasteiger partial charge on any atom is -0.484 e. The number of halogens is 2. The van der Waals surface area contributed by atoms with Crippen LogP contribution >= 0.6 is 0 Å². The summed E-state index contributed by atoms with van der Waals surface area (Å²) < 4.78 is 42.9. The maximum Gasteiger partial charge on any atom is 0.408 e. The van der Waals surface area contributed by atoms with Crippen molar-refractivity contribution in [3.63, 3.8) is 0 Å². The lowest BCUT2D eigenvalue weighted by molar-refractivity contribution is -0.158. The first-order valence-electron chi connectivity index (χ1n) is 9.12. The number of hydrogen-bond acceptors (Lipinski definition) is 5. The van der Waals surface area contributed by atoms with Crippen molar-refractivity contribution in [2.75, 3.05) is 0 Å². The van der Waals surface area contributed by atoms with Crippen molar-refractivity contribution in [2.24, 2.45) is 5.92 Å². The minimum absolute atomic E-state index is 0.143. The van der Waals surface area contributed by atoms with Gasteiger partial charge in [-0.05, 0) is 52.7 Å². The topological polar surface area (TPSA) is 73.9 Å². The van der Waals surface area contributed by atoms with E-state index >= 15 is 0 Å². The van der Waals surface area contributed by atoms with E-state index in [1.54, 1.807) is 27.7 Å². The van der Waals surface area contributed by atoms with Gasteiger partial charge < -0.3 is 19.5 Å². The fraction of sp³-hybridized carbons (Fsp3) is 0.600. The van der Waals surface area contributed by atoms with Crippen LogP contribution in [0.2, 0.25) is 0 Å². The van der Waals surface area contributed by atoms with E-state index in [1.807, 2.05) is 13.8 Å². The lowest BCUT2D eigenvalue weighted by Gasteiger charge is -2.29. The zero-order chi connectivity index (χ0) is 21.6. The molecule has 0 aromatic heterocycles. The maximum atomic E-state index is 13.8. The Kier molecular flexibility index (Phi) is 8.20. The summed E-state index contributed by atoms with van der Waals surface area (Å²) in [6.45, 7) is 11.8. The third-order valence-electron chi connectivity index (χ3n) is 3.67.